The van der Waals surface area contributed by atoms with Gasteiger partial charge >= 0.3 is 0 Å². The molecular weight excluding hydrogens is 142 g/mol. The van der Waals surface area contributed by atoms with E-state index in [-0.39, 0.29) is 0 Å². The zero-order valence-corrected chi connectivity index (χ0v) is 5.38. The minimum absolute atomic E-state index is 0.397. The Bertz CT molecular complexity index is 506. The van der Waals surface area contributed by atoms with Crippen LogP contribution in [-0.2, 0) is 4.74 Å². The summed E-state index contributed by atoms with van der Waals surface area (Å²) in [6, 6.07) is 0. The van der Waals surface area contributed by atoms with Crippen LogP contribution in [-0.4, -0.2) is 23.1 Å². The maximum Gasteiger partial charge on any atom is 0.142 e. The van der Waals surface area contributed by atoms with E-state index in [1.807, 2.05) is 0 Å². The monoisotopic (exact) mass is 158 g/mol. The molecule has 1 aromatic rings. The van der Waals surface area contributed by atoms with Crippen LogP contribution in [0.5, 0.6) is 0 Å². The molecule has 58 valence electrons. The molecule has 0 amide bonds. The molecule has 0 aliphatic carbocycles. The molecule has 0 unspecified atom stereocenters. The van der Waals surface area contributed by atoms with Crippen LogP contribution in [0.1, 0.15) is 21.2 Å². The van der Waals surface area contributed by atoms with Gasteiger partial charge < -0.3 is 10.5 Å². The minimum Gasteiger partial charge on any atom is -0.382 e. The van der Waals surface area contributed by atoms with Gasteiger partial charge in [0.05, 0.1) is 33.2 Å². The topological polar surface area (TPSA) is 61.0 Å². The van der Waals surface area contributed by atoms with E-state index >= 15 is 0 Å². The lowest BCUT2D eigenvalue weighted by molar-refractivity contribution is 0.00662. The van der Waals surface area contributed by atoms with E-state index in [0.717, 1.165) is 0 Å². The van der Waals surface area contributed by atoms with Crippen LogP contribution in [0.2, 0.25) is 0 Å². The molecule has 0 bridgehead atoms. The van der Waals surface area contributed by atoms with Gasteiger partial charge in [-0.15, -0.1) is 0 Å². The second-order valence-electron chi connectivity index (χ2n) is 1.86. The van der Waals surface area contributed by atoms with Gasteiger partial charge in [0.1, 0.15) is 5.82 Å². The average Bonchev–Trinajstić information content (AvgIpc) is 2.20. The Kier molecular flexibility index (Phi) is 0.542. The summed E-state index contributed by atoms with van der Waals surface area (Å²) in [6.45, 7) is -5.31. The molecule has 0 saturated carbocycles. The van der Waals surface area contributed by atoms with Crippen LogP contribution < -0.4 is 5.73 Å². The highest BCUT2D eigenvalue weighted by molar-refractivity contribution is 5.25. The third-order valence-electron chi connectivity index (χ3n) is 1.11. The van der Waals surface area contributed by atoms with E-state index in [4.69, 9.17) is 15.3 Å². The molecule has 2 heterocycles. The van der Waals surface area contributed by atoms with Crippen molar-refractivity contribution in [3.63, 3.8) is 0 Å². The van der Waals surface area contributed by atoms with E-state index in [1.54, 1.807) is 0 Å². The molecule has 2 rings (SSSR count). The van der Waals surface area contributed by atoms with Gasteiger partial charge in [0, 0.05) is 13.4 Å². The summed E-state index contributed by atoms with van der Waals surface area (Å²) in [6.07, 6.45) is -1.14. The number of nitrogens with two attached hydrogens (primary N) is 1. The molecule has 2 N–H and O–H groups in total. The number of aromatic nitrogens is 2. The summed E-state index contributed by atoms with van der Waals surface area (Å²) < 4.78 is 56.6. The molecule has 0 aromatic carbocycles. The Morgan fingerprint density at radius 3 is 3.36 bits per heavy atom. The lowest BCUT2D eigenvalue weighted by atomic mass is 10.1. The molecule has 4 heteroatoms. The lowest BCUT2D eigenvalue weighted by Gasteiger charge is -2.24. The molecule has 1 fully saturated rings. The second kappa shape index (κ2) is 2.47. The molecule has 0 spiro atoms. The van der Waals surface area contributed by atoms with Crippen LogP contribution in [0, 0.1) is 0 Å². The van der Waals surface area contributed by atoms with Gasteiger partial charge in [-0.05, 0) is 0 Å². The molecule has 1 aliphatic heterocycles. The van der Waals surface area contributed by atoms with Gasteiger partial charge in [0.25, 0.3) is 0 Å². The standard InChI is InChI=1S/C7H9N3O/c8-7-2-9-1-6(10-7)5-3-11-4-5/h1-2,5H,3-4H2,(H2,8,10)/i1D,2D,3D2,4D2,5D. The van der Waals surface area contributed by atoms with E-state index in [0.29, 0.717) is 0 Å². The van der Waals surface area contributed by atoms with Crippen LogP contribution in [0.15, 0.2) is 12.3 Å². The first-order valence-electron chi connectivity index (χ1n) is 6.34. The van der Waals surface area contributed by atoms with E-state index in [1.165, 1.54) is 0 Å². The maximum absolute atomic E-state index is 7.90. The van der Waals surface area contributed by atoms with Crippen molar-refractivity contribution in [2.75, 3.05) is 18.9 Å². The SMILES string of the molecule is [2H]c1nc([2H])c(C2([2H])C([2H])([2H])OC2([2H])[2H])nc1N. The number of hydrogen-bond acceptors (Lipinski definition) is 4. The van der Waals surface area contributed by atoms with Crippen molar-refractivity contribution in [2.45, 2.75) is 5.89 Å². The highest BCUT2D eigenvalue weighted by Crippen LogP contribution is 2.21. The van der Waals surface area contributed by atoms with Crippen molar-refractivity contribution < 1.29 is 14.3 Å². The summed E-state index contributed by atoms with van der Waals surface area (Å²) in [7, 11) is 0. The molecule has 0 atom stereocenters. The van der Waals surface area contributed by atoms with Gasteiger partial charge in [-0.3, -0.25) is 4.98 Å². The van der Waals surface area contributed by atoms with E-state index < -0.39 is 42.9 Å². The second-order valence-corrected chi connectivity index (χ2v) is 1.86. The predicted molar refractivity (Wildman–Crippen MR) is 40.0 cm³/mol. The fourth-order valence-electron chi connectivity index (χ4n) is 0.619. The van der Waals surface area contributed by atoms with Gasteiger partial charge in [0.2, 0.25) is 0 Å². The van der Waals surface area contributed by atoms with Crippen molar-refractivity contribution in [2.24, 2.45) is 0 Å². The zero-order chi connectivity index (χ0) is 13.9. The fourth-order valence-corrected chi connectivity index (χ4v) is 0.619. The van der Waals surface area contributed by atoms with Crippen LogP contribution in [0.4, 0.5) is 5.82 Å². The molecular formula is C7H9N3O. The number of anilines is 1. The fraction of sp³-hybridized carbons (Fsp3) is 0.429. The number of nitrogens with zero attached hydrogens (tertiary/aromatic N) is 2. The normalized spacial score (nSPS) is 39.1. The van der Waals surface area contributed by atoms with Crippen molar-refractivity contribution in [3.05, 3.63) is 18.0 Å². The number of ether oxygens (including phenoxy) is 1. The smallest absolute Gasteiger partial charge is 0.142 e. The van der Waals surface area contributed by atoms with Crippen LogP contribution in [0.25, 0.3) is 0 Å². The highest BCUT2D eigenvalue weighted by atomic mass is 16.5. The molecule has 1 aliphatic rings. The Labute approximate surface area is 74.2 Å². The Morgan fingerprint density at radius 1 is 1.82 bits per heavy atom. The zero-order valence-electron chi connectivity index (χ0n) is 12.4. The Balaban J connectivity index is 2.64. The Hall–Kier alpha value is -1.16. The van der Waals surface area contributed by atoms with Crippen LogP contribution in [0.3, 0.4) is 0 Å². The van der Waals surface area contributed by atoms with Gasteiger partial charge in [0.15, 0.2) is 0 Å². The van der Waals surface area contributed by atoms with Crippen molar-refractivity contribution in [3.8, 4) is 0 Å². The van der Waals surface area contributed by atoms with Crippen molar-refractivity contribution in [1.29, 1.82) is 0 Å². The number of hydrogen-bond donors (Lipinski definition) is 1. The summed E-state index contributed by atoms with van der Waals surface area (Å²) in [5.41, 5.74) is 4.74. The third-order valence-corrected chi connectivity index (χ3v) is 1.11. The van der Waals surface area contributed by atoms with Crippen molar-refractivity contribution >= 4 is 5.82 Å². The summed E-state index contributed by atoms with van der Waals surface area (Å²) >= 11 is 0. The lowest BCUT2D eigenvalue weighted by Crippen LogP contribution is -2.26. The van der Waals surface area contributed by atoms with Crippen molar-refractivity contribution in [1.82, 2.24) is 9.97 Å². The number of rotatable bonds is 1. The average molecular weight is 158 g/mol. The number of nitrogen functional groups attached to an aromatic ring is 1. The summed E-state index contributed by atoms with van der Waals surface area (Å²) in [5, 5.41) is 0. The molecule has 4 nitrogen and oxygen atoms in total. The van der Waals surface area contributed by atoms with Crippen LogP contribution >= 0.6 is 0 Å². The van der Waals surface area contributed by atoms with Gasteiger partial charge in [-0.1, -0.05) is 0 Å². The highest BCUT2D eigenvalue weighted by Gasteiger charge is 2.21. The first-order valence-corrected chi connectivity index (χ1v) is 2.84. The largest absolute Gasteiger partial charge is 0.382 e. The molecule has 1 aromatic heterocycles. The summed E-state index contributed by atoms with van der Waals surface area (Å²) in [5.74, 6) is -2.95. The summed E-state index contributed by atoms with van der Waals surface area (Å²) in [4.78, 5) is 6.94. The predicted octanol–water partition coefficient (Wildman–Crippen LogP) is 0.173. The Morgan fingerprint density at radius 2 is 2.64 bits per heavy atom. The minimum atomic E-state index is -2.66. The van der Waals surface area contributed by atoms with E-state index in [2.05, 4.69) is 14.7 Å². The first-order chi connectivity index (χ1) is 8.03. The quantitative estimate of drug-likeness (QED) is 0.633. The molecule has 11 heavy (non-hydrogen) atoms. The van der Waals surface area contributed by atoms with Gasteiger partial charge in [-0.25, -0.2) is 4.98 Å². The van der Waals surface area contributed by atoms with Gasteiger partial charge in [-0.2, -0.15) is 0 Å². The van der Waals surface area contributed by atoms with E-state index in [9.17, 15) is 0 Å². The molecule has 0 radical (unpaired) electrons. The third kappa shape index (κ3) is 1.17. The first kappa shape index (κ1) is 2.42. The maximum atomic E-state index is 7.90. The molecule has 1 saturated heterocycles.